The van der Waals surface area contributed by atoms with Gasteiger partial charge in [-0.1, -0.05) is 7.43 Å². The number of hydrogen-bond donors (Lipinski definition) is 0. The van der Waals surface area contributed by atoms with Crippen LogP contribution in [-0.2, 0) is 19.0 Å². The number of carbonyl (C=O) groups is 1. The molecule has 0 saturated heterocycles. The third kappa shape index (κ3) is 10.5. The lowest BCUT2D eigenvalue weighted by Crippen LogP contribution is -2.36. The van der Waals surface area contributed by atoms with Gasteiger partial charge in [0.15, 0.2) is 0 Å². The first-order valence-electron chi connectivity index (χ1n) is 6.00. The predicted molar refractivity (Wildman–Crippen MR) is 72.8 cm³/mol. The van der Waals surface area contributed by atoms with Gasteiger partial charge >= 0.3 is 0 Å². The zero-order valence-electron chi connectivity index (χ0n) is 11.2. The molecular weight excluding hydrogens is 234 g/mol. The van der Waals surface area contributed by atoms with Crippen LogP contribution in [0.1, 0.15) is 26.7 Å². The van der Waals surface area contributed by atoms with E-state index in [0.717, 1.165) is 12.8 Å². The molecule has 0 spiro atoms. The van der Waals surface area contributed by atoms with Crippen LogP contribution in [0.5, 0.6) is 0 Å². The van der Waals surface area contributed by atoms with E-state index in [4.69, 9.17) is 14.2 Å². The second kappa shape index (κ2) is 14.4. The average molecular weight is 263 g/mol. The monoisotopic (exact) mass is 263 g/mol. The molecule has 110 valence electrons. The van der Waals surface area contributed by atoms with Crippen LogP contribution in [0, 0.1) is 0 Å². The van der Waals surface area contributed by atoms with Crippen molar-refractivity contribution in [1.82, 2.24) is 4.90 Å². The van der Waals surface area contributed by atoms with E-state index in [2.05, 4.69) is 0 Å². The first-order valence-corrected chi connectivity index (χ1v) is 6.00. The van der Waals surface area contributed by atoms with Crippen LogP contribution in [0.4, 0.5) is 0 Å². The van der Waals surface area contributed by atoms with Gasteiger partial charge in [-0.15, -0.1) is 0 Å². The van der Waals surface area contributed by atoms with Gasteiger partial charge in [-0.3, -0.25) is 4.79 Å². The minimum Gasteiger partial charge on any atom is -0.385 e. The van der Waals surface area contributed by atoms with Crippen molar-refractivity contribution in [2.24, 2.45) is 0 Å². The number of carbonyl (C=O) groups excluding carboxylic acids is 1. The van der Waals surface area contributed by atoms with Crippen molar-refractivity contribution in [3.05, 3.63) is 0 Å². The molecule has 18 heavy (non-hydrogen) atoms. The van der Waals surface area contributed by atoms with Crippen LogP contribution in [0.25, 0.3) is 0 Å². The molecule has 0 radical (unpaired) electrons. The maximum absolute atomic E-state index is 11.9. The Labute approximate surface area is 111 Å². The molecule has 0 fully saturated rings. The number of rotatable bonds is 11. The minimum atomic E-state index is 0. The molecule has 0 N–H and O–H groups in total. The molecule has 0 bridgehead atoms. The smallest absolute Gasteiger partial charge is 0.222 e. The molecule has 0 atom stereocenters. The zero-order valence-corrected chi connectivity index (χ0v) is 11.2. The van der Waals surface area contributed by atoms with Gasteiger partial charge in [0.2, 0.25) is 5.91 Å². The zero-order chi connectivity index (χ0) is 12.9. The third-order valence-electron chi connectivity index (χ3n) is 2.47. The molecule has 0 aromatic carbocycles. The molecule has 0 heterocycles. The molecule has 0 aromatic heterocycles. The van der Waals surface area contributed by atoms with Gasteiger partial charge in [0.25, 0.3) is 0 Å². The van der Waals surface area contributed by atoms with E-state index in [9.17, 15) is 4.79 Å². The quantitative estimate of drug-likeness (QED) is 0.531. The number of nitrogens with zero attached hydrogens (tertiary/aromatic N) is 1. The van der Waals surface area contributed by atoms with Crippen LogP contribution in [0.2, 0.25) is 0 Å². The van der Waals surface area contributed by atoms with Gasteiger partial charge in [-0.25, -0.2) is 0 Å². The van der Waals surface area contributed by atoms with Gasteiger partial charge in [0.05, 0.1) is 13.2 Å². The molecule has 0 aliphatic carbocycles. The Morgan fingerprint density at radius 2 is 1.39 bits per heavy atom. The van der Waals surface area contributed by atoms with Crippen molar-refractivity contribution in [2.45, 2.75) is 26.7 Å². The first-order chi connectivity index (χ1) is 8.26. The Bertz CT molecular complexity index is 180. The minimum absolute atomic E-state index is 0. The van der Waals surface area contributed by atoms with Crippen molar-refractivity contribution < 1.29 is 19.0 Å². The molecule has 0 unspecified atom stereocenters. The number of hydrogen-bond acceptors (Lipinski definition) is 4. The van der Waals surface area contributed by atoms with Crippen molar-refractivity contribution in [3.8, 4) is 0 Å². The van der Waals surface area contributed by atoms with E-state index >= 15 is 0 Å². The molecule has 0 rings (SSSR count). The summed E-state index contributed by atoms with van der Waals surface area (Å²) in [6, 6.07) is 0. The molecule has 1 amide bonds. The second-order valence-corrected chi connectivity index (χ2v) is 3.82. The maximum atomic E-state index is 11.9. The SMILES string of the molecule is C.COCCCCC(=O)N(CCOC)CCOC. The van der Waals surface area contributed by atoms with Gasteiger partial charge < -0.3 is 19.1 Å². The van der Waals surface area contributed by atoms with Crippen LogP contribution in [0.15, 0.2) is 0 Å². The van der Waals surface area contributed by atoms with Gasteiger partial charge in [0, 0.05) is 47.4 Å². The van der Waals surface area contributed by atoms with Crippen molar-refractivity contribution in [2.75, 3.05) is 54.2 Å². The van der Waals surface area contributed by atoms with Gasteiger partial charge in [-0.05, 0) is 12.8 Å². The number of amides is 1. The number of unbranched alkanes of at least 4 members (excludes halogenated alkanes) is 1. The summed E-state index contributed by atoms with van der Waals surface area (Å²) in [5.41, 5.74) is 0. The fourth-order valence-corrected chi connectivity index (χ4v) is 1.44. The maximum Gasteiger partial charge on any atom is 0.222 e. The predicted octanol–water partition coefficient (Wildman–Crippen LogP) is 1.56. The number of methoxy groups -OCH3 is 3. The van der Waals surface area contributed by atoms with Crippen molar-refractivity contribution in [1.29, 1.82) is 0 Å². The van der Waals surface area contributed by atoms with Crippen LogP contribution in [-0.4, -0.2) is 65.0 Å². The van der Waals surface area contributed by atoms with E-state index < -0.39 is 0 Å². The van der Waals surface area contributed by atoms with E-state index in [1.165, 1.54) is 0 Å². The summed E-state index contributed by atoms with van der Waals surface area (Å²) in [6.07, 6.45) is 2.35. The topological polar surface area (TPSA) is 48.0 Å². The Morgan fingerprint density at radius 1 is 0.889 bits per heavy atom. The molecule has 0 saturated carbocycles. The van der Waals surface area contributed by atoms with E-state index in [1.807, 2.05) is 0 Å². The van der Waals surface area contributed by atoms with Crippen molar-refractivity contribution in [3.63, 3.8) is 0 Å². The summed E-state index contributed by atoms with van der Waals surface area (Å²) >= 11 is 0. The van der Waals surface area contributed by atoms with Gasteiger partial charge in [0.1, 0.15) is 0 Å². The van der Waals surface area contributed by atoms with Gasteiger partial charge in [-0.2, -0.15) is 0 Å². The fourth-order valence-electron chi connectivity index (χ4n) is 1.44. The molecule has 0 aromatic rings. The molecular formula is C13H29NO4. The molecule has 0 aliphatic heterocycles. The Hall–Kier alpha value is -0.650. The highest BCUT2D eigenvalue weighted by Crippen LogP contribution is 2.01. The normalized spacial score (nSPS) is 9.94. The molecule has 5 nitrogen and oxygen atoms in total. The Kier molecular flexibility index (Phi) is 15.8. The average Bonchev–Trinajstić information content (AvgIpc) is 2.34. The van der Waals surface area contributed by atoms with E-state index in [1.54, 1.807) is 26.2 Å². The lowest BCUT2D eigenvalue weighted by Gasteiger charge is -2.22. The molecule has 0 aliphatic rings. The van der Waals surface area contributed by atoms with Crippen LogP contribution >= 0.6 is 0 Å². The Morgan fingerprint density at radius 3 is 1.83 bits per heavy atom. The standard InChI is InChI=1S/C12H25NO4.CH4/c1-15-9-5-4-6-12(14)13(7-10-16-2)8-11-17-3;/h4-11H2,1-3H3;1H4. The van der Waals surface area contributed by atoms with E-state index in [0.29, 0.717) is 39.3 Å². The molecule has 5 heteroatoms. The summed E-state index contributed by atoms with van der Waals surface area (Å²) in [6.45, 7) is 3.09. The highest BCUT2D eigenvalue weighted by molar-refractivity contribution is 5.76. The largest absolute Gasteiger partial charge is 0.385 e. The lowest BCUT2D eigenvalue weighted by molar-refractivity contribution is -0.132. The first kappa shape index (κ1) is 19.7. The summed E-state index contributed by atoms with van der Waals surface area (Å²) in [5, 5.41) is 0. The van der Waals surface area contributed by atoms with Crippen molar-refractivity contribution >= 4 is 5.91 Å². The van der Waals surface area contributed by atoms with Crippen LogP contribution < -0.4 is 0 Å². The fraction of sp³-hybridized carbons (Fsp3) is 0.923. The highest BCUT2D eigenvalue weighted by atomic mass is 16.5. The number of ether oxygens (including phenoxy) is 3. The Balaban J connectivity index is 0. The summed E-state index contributed by atoms with van der Waals surface area (Å²) in [5.74, 6) is 0.162. The summed E-state index contributed by atoms with van der Waals surface area (Å²) in [7, 11) is 4.94. The van der Waals surface area contributed by atoms with E-state index in [-0.39, 0.29) is 13.3 Å². The third-order valence-corrected chi connectivity index (χ3v) is 2.47. The summed E-state index contributed by atoms with van der Waals surface area (Å²) < 4.78 is 14.9. The second-order valence-electron chi connectivity index (χ2n) is 3.82. The highest BCUT2D eigenvalue weighted by Gasteiger charge is 2.12. The lowest BCUT2D eigenvalue weighted by atomic mass is 10.2. The summed E-state index contributed by atoms with van der Waals surface area (Å²) in [4.78, 5) is 13.7. The van der Waals surface area contributed by atoms with Crippen LogP contribution in [0.3, 0.4) is 0 Å².